The van der Waals surface area contributed by atoms with Crippen LogP contribution in [0.25, 0.3) is 5.57 Å². The molecule has 0 fully saturated rings. The summed E-state index contributed by atoms with van der Waals surface area (Å²) in [5.41, 5.74) is 1.55. The second kappa shape index (κ2) is 12.1. The minimum atomic E-state index is -0.538. The Balaban J connectivity index is 1.64. The Labute approximate surface area is 192 Å². The Morgan fingerprint density at radius 1 is 0.818 bits per heavy atom. The smallest absolute Gasteiger partial charge is 0.341 e. The van der Waals surface area contributed by atoms with Crippen molar-refractivity contribution in [3.63, 3.8) is 0 Å². The van der Waals surface area contributed by atoms with Crippen molar-refractivity contribution in [1.29, 1.82) is 0 Å². The third-order valence-corrected chi connectivity index (χ3v) is 4.55. The predicted molar refractivity (Wildman–Crippen MR) is 122 cm³/mol. The summed E-state index contributed by atoms with van der Waals surface area (Å²) in [5, 5.41) is 0. The number of carbonyl (C=O) groups excluding carboxylic acids is 1. The monoisotopic (exact) mass is 452 g/mol. The third-order valence-electron chi connectivity index (χ3n) is 4.55. The maximum Gasteiger partial charge on any atom is 0.341 e. The number of halogens is 1. The summed E-state index contributed by atoms with van der Waals surface area (Å²) in [6, 6.07) is 20.7. The number of hydrogen-bond acceptors (Lipinski definition) is 6. The molecule has 3 aromatic rings. The van der Waals surface area contributed by atoms with E-state index in [0.29, 0.717) is 29.2 Å². The fraction of sp³-hybridized carbons (Fsp3) is 0.192. The van der Waals surface area contributed by atoms with E-state index >= 15 is 0 Å². The molecule has 0 N–H and O–H groups in total. The first-order valence-corrected chi connectivity index (χ1v) is 10.2. The molecule has 0 saturated heterocycles. The summed E-state index contributed by atoms with van der Waals surface area (Å²) >= 11 is 0. The van der Waals surface area contributed by atoms with Crippen LogP contribution in [0, 0.1) is 5.82 Å². The Bertz CT molecular complexity index is 1080. The molecular weight excluding hydrogens is 427 g/mol. The van der Waals surface area contributed by atoms with Crippen LogP contribution in [0.4, 0.5) is 4.39 Å². The fourth-order valence-electron chi connectivity index (χ4n) is 3.06. The summed E-state index contributed by atoms with van der Waals surface area (Å²) in [4.78, 5) is 12.1. The van der Waals surface area contributed by atoms with Crippen LogP contribution in [0.1, 0.15) is 11.1 Å². The number of carbonyl (C=O) groups is 1. The topological polar surface area (TPSA) is 63.2 Å². The van der Waals surface area contributed by atoms with Crippen LogP contribution < -0.4 is 14.2 Å². The van der Waals surface area contributed by atoms with Crippen molar-refractivity contribution < 1.29 is 32.9 Å². The molecule has 0 aliphatic rings. The molecule has 0 spiro atoms. The van der Waals surface area contributed by atoms with Crippen LogP contribution in [0.3, 0.4) is 0 Å². The minimum Gasteiger partial charge on any atom is -0.503 e. The highest BCUT2D eigenvalue weighted by Gasteiger charge is 2.17. The first-order valence-electron chi connectivity index (χ1n) is 10.2. The van der Waals surface area contributed by atoms with E-state index < -0.39 is 11.8 Å². The molecule has 6 nitrogen and oxygen atoms in total. The van der Waals surface area contributed by atoms with Crippen molar-refractivity contribution in [3.05, 3.63) is 96.0 Å². The number of hydrogen-bond donors (Lipinski definition) is 0. The molecule has 3 rings (SSSR count). The molecular formula is C26H25FO6. The van der Waals surface area contributed by atoms with Crippen molar-refractivity contribution in [1.82, 2.24) is 0 Å². The lowest BCUT2D eigenvalue weighted by Gasteiger charge is -2.14. The first-order chi connectivity index (χ1) is 16.1. The average molecular weight is 452 g/mol. The number of esters is 1. The number of benzene rings is 3. The van der Waals surface area contributed by atoms with Gasteiger partial charge in [-0.25, -0.2) is 9.18 Å². The number of rotatable bonds is 11. The lowest BCUT2D eigenvalue weighted by molar-refractivity contribution is -0.133. The van der Waals surface area contributed by atoms with Crippen LogP contribution in [-0.2, 0) is 20.9 Å². The quantitative estimate of drug-likeness (QED) is 0.176. The average Bonchev–Trinajstić information content (AvgIpc) is 2.84. The SMILES string of the molecule is CO/C=C(\C(=O)OC)c1ccccc1COc1cc(F)cc(OCCOc2ccccc2)c1. The van der Waals surface area contributed by atoms with Crippen molar-refractivity contribution in [2.24, 2.45) is 0 Å². The maximum absolute atomic E-state index is 14.1. The Morgan fingerprint density at radius 2 is 1.45 bits per heavy atom. The molecule has 0 aliphatic heterocycles. The van der Waals surface area contributed by atoms with Gasteiger partial charge in [-0.2, -0.15) is 0 Å². The number of ether oxygens (including phenoxy) is 5. The summed E-state index contributed by atoms with van der Waals surface area (Å²) in [5.74, 6) is 0.318. The van der Waals surface area contributed by atoms with Crippen molar-refractivity contribution in [2.75, 3.05) is 27.4 Å². The summed E-state index contributed by atoms with van der Waals surface area (Å²) in [7, 11) is 2.74. The highest BCUT2D eigenvalue weighted by atomic mass is 19.1. The Kier molecular flexibility index (Phi) is 8.71. The number of methoxy groups -OCH3 is 2. The van der Waals surface area contributed by atoms with Gasteiger partial charge >= 0.3 is 5.97 Å². The summed E-state index contributed by atoms with van der Waals surface area (Å²) in [6.45, 7) is 0.644. The van der Waals surface area contributed by atoms with Crippen LogP contribution >= 0.6 is 0 Å². The van der Waals surface area contributed by atoms with Crippen LogP contribution in [0.5, 0.6) is 17.2 Å². The minimum absolute atomic E-state index is 0.0915. The second-order valence-corrected chi connectivity index (χ2v) is 6.84. The van der Waals surface area contributed by atoms with E-state index in [1.165, 1.54) is 32.6 Å². The van der Waals surface area contributed by atoms with Crippen LogP contribution in [-0.4, -0.2) is 33.4 Å². The molecule has 7 heteroatoms. The third kappa shape index (κ3) is 7.00. The zero-order valence-corrected chi connectivity index (χ0v) is 18.5. The zero-order valence-electron chi connectivity index (χ0n) is 18.5. The molecule has 0 bridgehead atoms. The van der Waals surface area contributed by atoms with E-state index in [2.05, 4.69) is 0 Å². The highest BCUT2D eigenvalue weighted by Crippen LogP contribution is 2.26. The standard InChI is InChI=1S/C26H25FO6/c1-29-18-25(26(28)30-2)24-11-7-6-8-19(24)17-33-23-15-20(27)14-22(16-23)32-13-12-31-21-9-4-3-5-10-21/h3-11,14-16,18H,12-13,17H2,1-2H3/b25-18-. The van der Waals surface area contributed by atoms with Gasteiger partial charge in [-0.15, -0.1) is 0 Å². The van der Waals surface area contributed by atoms with Crippen molar-refractivity contribution >= 4 is 11.5 Å². The van der Waals surface area contributed by atoms with Gasteiger partial charge in [0, 0.05) is 18.2 Å². The van der Waals surface area contributed by atoms with E-state index in [4.69, 9.17) is 23.7 Å². The van der Waals surface area contributed by atoms with E-state index in [1.54, 1.807) is 24.3 Å². The van der Waals surface area contributed by atoms with Gasteiger partial charge in [0.2, 0.25) is 0 Å². The molecule has 3 aromatic carbocycles. The summed E-state index contributed by atoms with van der Waals surface area (Å²) < 4.78 is 41.0. The first kappa shape index (κ1) is 23.7. The molecule has 0 amide bonds. The molecule has 172 valence electrons. The molecule has 0 heterocycles. The lowest BCUT2D eigenvalue weighted by atomic mass is 10.0. The molecule has 0 unspecified atom stereocenters. The van der Waals surface area contributed by atoms with E-state index in [9.17, 15) is 9.18 Å². The Morgan fingerprint density at radius 3 is 2.15 bits per heavy atom. The van der Waals surface area contributed by atoms with Crippen LogP contribution in [0.2, 0.25) is 0 Å². The largest absolute Gasteiger partial charge is 0.503 e. The normalized spacial score (nSPS) is 10.9. The van der Waals surface area contributed by atoms with Gasteiger partial charge in [-0.1, -0.05) is 42.5 Å². The van der Waals surface area contributed by atoms with E-state index in [0.717, 1.165) is 5.75 Å². The molecule has 0 radical (unpaired) electrons. The van der Waals surface area contributed by atoms with E-state index in [-0.39, 0.29) is 18.8 Å². The molecule has 0 aliphatic carbocycles. The second-order valence-electron chi connectivity index (χ2n) is 6.84. The van der Waals surface area contributed by atoms with Gasteiger partial charge in [-0.3, -0.25) is 0 Å². The highest BCUT2D eigenvalue weighted by molar-refractivity contribution is 6.16. The van der Waals surface area contributed by atoms with Gasteiger partial charge in [0.1, 0.15) is 48.5 Å². The molecule has 0 aromatic heterocycles. The number of para-hydroxylation sites is 1. The zero-order chi connectivity index (χ0) is 23.5. The maximum atomic E-state index is 14.1. The van der Waals surface area contributed by atoms with Crippen molar-refractivity contribution in [2.45, 2.75) is 6.61 Å². The molecule has 0 atom stereocenters. The molecule has 0 saturated carbocycles. The van der Waals surface area contributed by atoms with Gasteiger partial charge < -0.3 is 23.7 Å². The Hall–Kier alpha value is -4.00. The summed E-state index contributed by atoms with van der Waals surface area (Å²) in [6.07, 6.45) is 1.32. The molecule has 33 heavy (non-hydrogen) atoms. The van der Waals surface area contributed by atoms with Gasteiger partial charge in [-0.05, 0) is 23.3 Å². The fourth-order valence-corrected chi connectivity index (χ4v) is 3.06. The van der Waals surface area contributed by atoms with Gasteiger partial charge in [0.05, 0.1) is 20.5 Å². The van der Waals surface area contributed by atoms with Gasteiger partial charge in [0.15, 0.2) is 0 Å². The van der Waals surface area contributed by atoms with Crippen molar-refractivity contribution in [3.8, 4) is 17.2 Å². The van der Waals surface area contributed by atoms with E-state index in [1.807, 2.05) is 36.4 Å². The van der Waals surface area contributed by atoms with Crippen LogP contribution in [0.15, 0.2) is 79.1 Å². The predicted octanol–water partition coefficient (Wildman–Crippen LogP) is 5.02. The lowest BCUT2D eigenvalue weighted by Crippen LogP contribution is -2.09. The van der Waals surface area contributed by atoms with Gasteiger partial charge in [0.25, 0.3) is 0 Å².